The number of halogens is 1. The molecule has 5 heteroatoms. The first-order valence-corrected chi connectivity index (χ1v) is 5.90. The molecule has 1 N–H and O–H groups in total. The molecule has 0 saturated heterocycles. The van der Waals surface area contributed by atoms with Gasteiger partial charge in [-0.2, -0.15) is 0 Å². The number of hydrogen-bond acceptors (Lipinski definition) is 3. The summed E-state index contributed by atoms with van der Waals surface area (Å²) in [4.78, 5) is 10.9. The standard InChI is InChI=1S/C12H15BrO4/c1-7-4-9(5-8(2)11(7)13)17-10(6-16-3)12(14)15/h4-5,10H,6H2,1-3H3,(H,14,15). The van der Waals surface area contributed by atoms with Crippen LogP contribution in [0.1, 0.15) is 11.1 Å². The van der Waals surface area contributed by atoms with Crippen molar-refractivity contribution in [2.75, 3.05) is 13.7 Å². The highest BCUT2D eigenvalue weighted by atomic mass is 79.9. The Bertz CT molecular complexity index is 394. The van der Waals surface area contributed by atoms with Gasteiger partial charge in [0.25, 0.3) is 0 Å². The molecule has 1 unspecified atom stereocenters. The van der Waals surface area contributed by atoms with Gasteiger partial charge in [-0.1, -0.05) is 15.9 Å². The summed E-state index contributed by atoms with van der Waals surface area (Å²) in [5.41, 5.74) is 2.00. The Hall–Kier alpha value is -1.07. The highest BCUT2D eigenvalue weighted by molar-refractivity contribution is 9.10. The fraction of sp³-hybridized carbons (Fsp3) is 0.417. The van der Waals surface area contributed by atoms with E-state index in [9.17, 15) is 4.79 Å². The van der Waals surface area contributed by atoms with Crippen molar-refractivity contribution in [1.82, 2.24) is 0 Å². The molecule has 0 spiro atoms. The molecule has 1 aromatic carbocycles. The molecule has 0 saturated carbocycles. The molecule has 94 valence electrons. The van der Waals surface area contributed by atoms with Crippen LogP contribution in [-0.2, 0) is 9.53 Å². The number of carboxylic acids is 1. The quantitative estimate of drug-likeness (QED) is 0.908. The van der Waals surface area contributed by atoms with E-state index >= 15 is 0 Å². The lowest BCUT2D eigenvalue weighted by molar-refractivity contribution is -0.147. The SMILES string of the molecule is COCC(Oc1cc(C)c(Br)c(C)c1)C(=O)O. The predicted molar refractivity (Wildman–Crippen MR) is 67.5 cm³/mol. The van der Waals surface area contributed by atoms with Crippen LogP contribution in [0.2, 0.25) is 0 Å². The Balaban J connectivity index is 2.90. The van der Waals surface area contributed by atoms with Crippen LogP contribution in [0.4, 0.5) is 0 Å². The zero-order chi connectivity index (χ0) is 13.0. The summed E-state index contributed by atoms with van der Waals surface area (Å²) in [5.74, 6) is -0.502. The van der Waals surface area contributed by atoms with Gasteiger partial charge in [-0.25, -0.2) is 4.79 Å². The van der Waals surface area contributed by atoms with Gasteiger partial charge in [0, 0.05) is 11.6 Å². The van der Waals surface area contributed by atoms with Crippen LogP contribution in [0.5, 0.6) is 5.75 Å². The van der Waals surface area contributed by atoms with Crippen LogP contribution in [0, 0.1) is 13.8 Å². The summed E-state index contributed by atoms with van der Waals surface area (Å²) < 4.78 is 11.2. The van der Waals surface area contributed by atoms with Gasteiger partial charge in [-0.05, 0) is 37.1 Å². The van der Waals surface area contributed by atoms with E-state index in [2.05, 4.69) is 15.9 Å². The van der Waals surface area contributed by atoms with Crippen LogP contribution >= 0.6 is 15.9 Å². The van der Waals surface area contributed by atoms with Gasteiger partial charge in [0.2, 0.25) is 6.10 Å². The number of rotatable bonds is 5. The number of aryl methyl sites for hydroxylation is 2. The van der Waals surface area contributed by atoms with Gasteiger partial charge in [-0.15, -0.1) is 0 Å². The second-order valence-electron chi connectivity index (χ2n) is 3.77. The van der Waals surface area contributed by atoms with Crippen LogP contribution in [0.15, 0.2) is 16.6 Å². The van der Waals surface area contributed by atoms with Crippen LogP contribution in [-0.4, -0.2) is 30.9 Å². The Morgan fingerprint density at radius 1 is 1.41 bits per heavy atom. The predicted octanol–water partition coefficient (Wildman–Crippen LogP) is 2.54. The van der Waals surface area contributed by atoms with Gasteiger partial charge >= 0.3 is 5.97 Å². The summed E-state index contributed by atoms with van der Waals surface area (Å²) in [6.07, 6.45) is -0.986. The summed E-state index contributed by atoms with van der Waals surface area (Å²) in [6, 6.07) is 3.59. The van der Waals surface area contributed by atoms with Crippen LogP contribution in [0.3, 0.4) is 0 Å². The molecule has 1 rings (SSSR count). The third-order valence-electron chi connectivity index (χ3n) is 2.28. The van der Waals surface area contributed by atoms with E-state index in [1.807, 2.05) is 13.8 Å². The topological polar surface area (TPSA) is 55.8 Å². The molecule has 0 radical (unpaired) electrons. The van der Waals surface area contributed by atoms with E-state index in [1.165, 1.54) is 7.11 Å². The number of carboxylic acid groups (broad SMARTS) is 1. The summed E-state index contributed by atoms with van der Waals surface area (Å²) in [7, 11) is 1.44. The second kappa shape index (κ2) is 6.02. The Kier molecular flexibility index (Phi) is 4.96. The fourth-order valence-electron chi connectivity index (χ4n) is 1.45. The lowest BCUT2D eigenvalue weighted by Gasteiger charge is -2.15. The molecule has 0 fully saturated rings. The maximum Gasteiger partial charge on any atom is 0.347 e. The van der Waals surface area contributed by atoms with Crippen molar-refractivity contribution in [3.63, 3.8) is 0 Å². The number of hydrogen-bond donors (Lipinski definition) is 1. The average molecular weight is 303 g/mol. The van der Waals surface area contributed by atoms with Crippen molar-refractivity contribution in [3.05, 3.63) is 27.7 Å². The van der Waals surface area contributed by atoms with E-state index in [4.69, 9.17) is 14.6 Å². The monoisotopic (exact) mass is 302 g/mol. The average Bonchev–Trinajstić information content (AvgIpc) is 2.25. The summed E-state index contributed by atoms with van der Waals surface area (Å²) in [5, 5.41) is 8.94. The molecular weight excluding hydrogens is 288 g/mol. The molecule has 17 heavy (non-hydrogen) atoms. The van der Waals surface area contributed by atoms with Gasteiger partial charge in [0.1, 0.15) is 5.75 Å². The molecular formula is C12H15BrO4. The number of aliphatic carboxylic acids is 1. The minimum Gasteiger partial charge on any atom is -0.478 e. The van der Waals surface area contributed by atoms with E-state index < -0.39 is 12.1 Å². The smallest absolute Gasteiger partial charge is 0.347 e. The lowest BCUT2D eigenvalue weighted by atomic mass is 10.1. The molecule has 0 bridgehead atoms. The molecule has 0 aliphatic heterocycles. The molecule has 1 atom stereocenters. The Morgan fingerprint density at radius 3 is 2.35 bits per heavy atom. The Labute approximate surface area is 109 Å². The number of carbonyl (C=O) groups is 1. The highest BCUT2D eigenvalue weighted by Gasteiger charge is 2.19. The van der Waals surface area contributed by atoms with Crippen molar-refractivity contribution >= 4 is 21.9 Å². The fourth-order valence-corrected chi connectivity index (χ4v) is 1.67. The number of benzene rings is 1. The van der Waals surface area contributed by atoms with Gasteiger partial charge in [0.05, 0.1) is 6.61 Å². The normalized spacial score (nSPS) is 12.2. The van der Waals surface area contributed by atoms with Crippen molar-refractivity contribution < 1.29 is 19.4 Å². The first-order valence-electron chi connectivity index (χ1n) is 5.11. The van der Waals surface area contributed by atoms with E-state index in [1.54, 1.807) is 12.1 Å². The van der Waals surface area contributed by atoms with Gasteiger partial charge in [-0.3, -0.25) is 0 Å². The first kappa shape index (κ1) is 14.0. The van der Waals surface area contributed by atoms with Crippen molar-refractivity contribution in [2.24, 2.45) is 0 Å². The molecule has 0 amide bonds. The molecule has 0 aliphatic carbocycles. The zero-order valence-electron chi connectivity index (χ0n) is 9.99. The molecule has 0 aliphatic rings. The minimum atomic E-state index is -1.04. The molecule has 0 heterocycles. The third kappa shape index (κ3) is 3.71. The number of methoxy groups -OCH3 is 1. The molecule has 0 aromatic heterocycles. The largest absolute Gasteiger partial charge is 0.478 e. The van der Waals surface area contributed by atoms with Crippen LogP contribution in [0.25, 0.3) is 0 Å². The van der Waals surface area contributed by atoms with E-state index in [0.717, 1.165) is 15.6 Å². The molecule has 4 nitrogen and oxygen atoms in total. The molecule has 1 aromatic rings. The minimum absolute atomic E-state index is 0.0174. The summed E-state index contributed by atoms with van der Waals surface area (Å²) in [6.45, 7) is 3.87. The maximum atomic E-state index is 10.9. The van der Waals surface area contributed by atoms with E-state index in [-0.39, 0.29) is 6.61 Å². The first-order chi connectivity index (χ1) is 7.95. The van der Waals surface area contributed by atoms with Crippen molar-refractivity contribution in [3.8, 4) is 5.75 Å². The van der Waals surface area contributed by atoms with Crippen LogP contribution < -0.4 is 4.74 Å². The summed E-state index contributed by atoms with van der Waals surface area (Å²) >= 11 is 3.44. The van der Waals surface area contributed by atoms with Crippen molar-refractivity contribution in [2.45, 2.75) is 20.0 Å². The van der Waals surface area contributed by atoms with Gasteiger partial charge < -0.3 is 14.6 Å². The Morgan fingerprint density at radius 2 is 1.94 bits per heavy atom. The highest BCUT2D eigenvalue weighted by Crippen LogP contribution is 2.26. The second-order valence-corrected chi connectivity index (χ2v) is 4.56. The van der Waals surface area contributed by atoms with Gasteiger partial charge in [0.15, 0.2) is 0 Å². The maximum absolute atomic E-state index is 10.9. The zero-order valence-corrected chi connectivity index (χ0v) is 11.6. The van der Waals surface area contributed by atoms with Crippen molar-refractivity contribution in [1.29, 1.82) is 0 Å². The lowest BCUT2D eigenvalue weighted by Crippen LogP contribution is -2.31. The van der Waals surface area contributed by atoms with E-state index in [0.29, 0.717) is 5.75 Å². The third-order valence-corrected chi connectivity index (χ3v) is 3.53. The number of ether oxygens (including phenoxy) is 2.